The van der Waals surface area contributed by atoms with Crippen molar-refractivity contribution in [1.82, 2.24) is 15.5 Å². The van der Waals surface area contributed by atoms with Crippen molar-refractivity contribution in [3.05, 3.63) is 59.2 Å². The fourth-order valence-corrected chi connectivity index (χ4v) is 4.11. The van der Waals surface area contributed by atoms with Crippen LogP contribution in [0.2, 0.25) is 0 Å². The summed E-state index contributed by atoms with van der Waals surface area (Å²) in [7, 11) is 3.01. The zero-order valence-electron chi connectivity index (χ0n) is 20.6. The number of amides is 4. The molecule has 2 atom stereocenters. The van der Waals surface area contributed by atoms with Crippen molar-refractivity contribution in [2.75, 3.05) is 20.8 Å². The fourth-order valence-electron chi connectivity index (χ4n) is 4.11. The van der Waals surface area contributed by atoms with Crippen molar-refractivity contribution in [3.8, 4) is 11.5 Å². The van der Waals surface area contributed by atoms with Gasteiger partial charge in [0, 0.05) is 0 Å². The maximum Gasteiger partial charge on any atom is 0.325 e. The lowest BCUT2D eigenvalue weighted by Gasteiger charge is -2.23. The van der Waals surface area contributed by atoms with Crippen molar-refractivity contribution >= 4 is 17.8 Å². The minimum atomic E-state index is -1.32. The highest BCUT2D eigenvalue weighted by atomic mass is 16.5. The van der Waals surface area contributed by atoms with Gasteiger partial charge in [0.05, 0.1) is 20.3 Å². The number of imide groups is 1. The Morgan fingerprint density at radius 2 is 1.68 bits per heavy atom. The number of carbonyl (C=O) groups is 3. The Bertz CT molecular complexity index is 1070. The highest BCUT2D eigenvalue weighted by Crippen LogP contribution is 2.35. The zero-order chi connectivity index (χ0) is 25.0. The quantitative estimate of drug-likeness (QED) is 0.550. The van der Waals surface area contributed by atoms with Crippen LogP contribution in [0.25, 0.3) is 0 Å². The van der Waals surface area contributed by atoms with E-state index in [0.717, 1.165) is 16.9 Å². The number of hydrogen-bond acceptors (Lipinski definition) is 5. The fraction of sp³-hybridized carbons (Fsp3) is 0.423. The minimum absolute atomic E-state index is 0.265. The summed E-state index contributed by atoms with van der Waals surface area (Å²) in [5.41, 5.74) is 1.40. The maximum absolute atomic E-state index is 13.2. The second-order valence-corrected chi connectivity index (χ2v) is 9.14. The van der Waals surface area contributed by atoms with Crippen molar-refractivity contribution in [2.45, 2.75) is 45.7 Å². The van der Waals surface area contributed by atoms with Crippen LogP contribution in [0, 0.1) is 5.92 Å². The molecule has 1 aliphatic rings. The minimum Gasteiger partial charge on any atom is -0.493 e. The van der Waals surface area contributed by atoms with E-state index in [1.54, 1.807) is 25.1 Å². The van der Waals surface area contributed by atoms with Gasteiger partial charge in [-0.3, -0.25) is 14.5 Å². The predicted molar refractivity (Wildman–Crippen MR) is 129 cm³/mol. The summed E-state index contributed by atoms with van der Waals surface area (Å²) in [6.07, 6.45) is 0.992. The SMILES string of the molecule is COc1ccc(C2(C)NC(=O)N(CC(=O)NC(C)c3ccc(CC(C)C)cc3)C2=O)cc1OC. The first-order chi connectivity index (χ1) is 16.1. The number of nitrogens with zero attached hydrogens (tertiary/aromatic N) is 1. The molecule has 4 amide bonds. The first-order valence-electron chi connectivity index (χ1n) is 11.3. The number of methoxy groups -OCH3 is 2. The normalized spacial score (nSPS) is 18.6. The van der Waals surface area contributed by atoms with E-state index in [4.69, 9.17) is 9.47 Å². The average molecular weight is 468 g/mol. The van der Waals surface area contributed by atoms with Gasteiger partial charge in [0.25, 0.3) is 5.91 Å². The summed E-state index contributed by atoms with van der Waals surface area (Å²) in [4.78, 5) is 39.5. The van der Waals surface area contributed by atoms with Crippen LogP contribution in [-0.2, 0) is 21.5 Å². The Morgan fingerprint density at radius 3 is 2.26 bits per heavy atom. The molecule has 8 heteroatoms. The Kier molecular flexibility index (Phi) is 7.49. The Morgan fingerprint density at radius 1 is 1.03 bits per heavy atom. The number of urea groups is 1. The lowest BCUT2D eigenvalue weighted by molar-refractivity contribution is -0.135. The van der Waals surface area contributed by atoms with Gasteiger partial charge >= 0.3 is 6.03 Å². The molecule has 0 saturated carbocycles. The summed E-state index contributed by atoms with van der Waals surface area (Å²) in [5.74, 6) is 0.586. The summed E-state index contributed by atoms with van der Waals surface area (Å²) in [5, 5.41) is 5.58. The van der Waals surface area contributed by atoms with E-state index in [-0.39, 0.29) is 12.6 Å². The van der Waals surface area contributed by atoms with Crippen molar-refractivity contribution in [1.29, 1.82) is 0 Å². The summed E-state index contributed by atoms with van der Waals surface area (Å²) >= 11 is 0. The van der Waals surface area contributed by atoms with Gasteiger partial charge in [-0.2, -0.15) is 0 Å². The van der Waals surface area contributed by atoms with Gasteiger partial charge in [-0.1, -0.05) is 44.2 Å². The molecular weight excluding hydrogens is 434 g/mol. The standard InChI is InChI=1S/C26H33N3O5/c1-16(2)13-18-7-9-19(10-8-18)17(3)27-23(30)15-29-24(31)26(4,28-25(29)32)20-11-12-21(33-5)22(14-20)34-6/h7-12,14,16-17H,13,15H2,1-6H3,(H,27,30)(H,28,32). The van der Waals surface area contributed by atoms with Crippen LogP contribution in [0.15, 0.2) is 42.5 Å². The molecule has 1 fully saturated rings. The Hall–Kier alpha value is -3.55. The predicted octanol–water partition coefficient (Wildman–Crippen LogP) is 3.55. The summed E-state index contributed by atoms with van der Waals surface area (Å²) < 4.78 is 10.6. The monoisotopic (exact) mass is 467 g/mol. The molecule has 1 aliphatic heterocycles. The van der Waals surface area contributed by atoms with Gasteiger partial charge in [-0.25, -0.2) is 4.79 Å². The van der Waals surface area contributed by atoms with Gasteiger partial charge in [-0.05, 0) is 55.0 Å². The molecule has 2 N–H and O–H groups in total. The van der Waals surface area contributed by atoms with E-state index in [2.05, 4.69) is 36.6 Å². The van der Waals surface area contributed by atoms with Crippen LogP contribution in [-0.4, -0.2) is 43.5 Å². The molecule has 0 aliphatic carbocycles. The van der Waals surface area contributed by atoms with Gasteiger partial charge < -0.3 is 20.1 Å². The molecule has 1 saturated heterocycles. The van der Waals surface area contributed by atoms with Crippen LogP contribution in [0.1, 0.15) is 50.4 Å². The van der Waals surface area contributed by atoms with Crippen LogP contribution in [0.5, 0.6) is 11.5 Å². The number of hydrogen-bond donors (Lipinski definition) is 2. The van der Waals surface area contributed by atoms with E-state index in [0.29, 0.717) is 23.0 Å². The Labute approximate surface area is 200 Å². The van der Waals surface area contributed by atoms with Gasteiger partial charge in [-0.15, -0.1) is 0 Å². The molecule has 182 valence electrons. The maximum atomic E-state index is 13.2. The van der Waals surface area contributed by atoms with E-state index in [1.165, 1.54) is 19.8 Å². The van der Waals surface area contributed by atoms with E-state index in [9.17, 15) is 14.4 Å². The smallest absolute Gasteiger partial charge is 0.325 e. The van der Waals surface area contributed by atoms with Crippen LogP contribution in [0.4, 0.5) is 4.79 Å². The molecule has 34 heavy (non-hydrogen) atoms. The van der Waals surface area contributed by atoms with Crippen LogP contribution < -0.4 is 20.1 Å². The molecule has 2 aromatic carbocycles. The number of rotatable bonds is 9. The zero-order valence-corrected chi connectivity index (χ0v) is 20.6. The average Bonchev–Trinajstić information content (AvgIpc) is 3.02. The molecule has 0 bridgehead atoms. The second-order valence-electron chi connectivity index (χ2n) is 9.14. The summed E-state index contributed by atoms with van der Waals surface area (Å²) in [6.45, 7) is 7.44. The topological polar surface area (TPSA) is 97.0 Å². The van der Waals surface area contributed by atoms with Gasteiger partial charge in [0.2, 0.25) is 5.91 Å². The second kappa shape index (κ2) is 10.2. The third kappa shape index (κ3) is 5.16. The molecular formula is C26H33N3O5. The lowest BCUT2D eigenvalue weighted by atomic mass is 9.91. The van der Waals surface area contributed by atoms with E-state index < -0.39 is 23.4 Å². The van der Waals surface area contributed by atoms with Crippen LogP contribution in [0.3, 0.4) is 0 Å². The lowest BCUT2D eigenvalue weighted by Crippen LogP contribution is -2.43. The number of carbonyl (C=O) groups excluding carboxylic acids is 3. The molecule has 0 radical (unpaired) electrons. The molecule has 0 spiro atoms. The highest BCUT2D eigenvalue weighted by molar-refractivity contribution is 6.09. The van der Waals surface area contributed by atoms with Crippen LogP contribution >= 0.6 is 0 Å². The molecule has 8 nitrogen and oxygen atoms in total. The van der Waals surface area contributed by atoms with Gasteiger partial charge in [0.15, 0.2) is 11.5 Å². The first-order valence-corrected chi connectivity index (χ1v) is 11.3. The van der Waals surface area contributed by atoms with Crippen molar-refractivity contribution < 1.29 is 23.9 Å². The van der Waals surface area contributed by atoms with E-state index in [1.807, 2.05) is 19.1 Å². The number of ether oxygens (including phenoxy) is 2. The first kappa shape index (κ1) is 25.1. The molecule has 0 aromatic heterocycles. The van der Waals surface area contributed by atoms with Gasteiger partial charge in [0.1, 0.15) is 12.1 Å². The molecule has 1 heterocycles. The Balaban J connectivity index is 1.68. The van der Waals surface area contributed by atoms with Crippen molar-refractivity contribution in [2.24, 2.45) is 5.92 Å². The third-order valence-electron chi connectivity index (χ3n) is 6.04. The highest BCUT2D eigenvalue weighted by Gasteiger charge is 2.49. The van der Waals surface area contributed by atoms with E-state index >= 15 is 0 Å². The molecule has 2 aromatic rings. The largest absolute Gasteiger partial charge is 0.493 e. The third-order valence-corrected chi connectivity index (χ3v) is 6.04. The summed E-state index contributed by atoms with van der Waals surface area (Å²) in [6, 6.07) is 12.2. The number of benzene rings is 2. The molecule has 3 rings (SSSR count). The number of nitrogens with one attached hydrogen (secondary N) is 2. The van der Waals surface area contributed by atoms with Crippen molar-refractivity contribution in [3.63, 3.8) is 0 Å². The molecule has 2 unspecified atom stereocenters.